The Morgan fingerprint density at radius 2 is 2.00 bits per heavy atom. The first-order valence-electron chi connectivity index (χ1n) is 6.84. The molecule has 0 saturated carbocycles. The Hall–Kier alpha value is -1.14. The summed E-state index contributed by atoms with van der Waals surface area (Å²) >= 11 is 0. The average Bonchev–Trinajstić information content (AvgIpc) is 2.84. The third-order valence-corrected chi connectivity index (χ3v) is 3.15. The van der Waals surface area contributed by atoms with Gasteiger partial charge in [0, 0.05) is 25.6 Å². The van der Waals surface area contributed by atoms with Crippen LogP contribution in [-0.2, 0) is 14.3 Å². The third-order valence-electron chi connectivity index (χ3n) is 3.15. The van der Waals surface area contributed by atoms with Gasteiger partial charge in [0.1, 0.15) is 0 Å². The van der Waals surface area contributed by atoms with Gasteiger partial charge in [0.15, 0.2) is 0 Å². The van der Waals surface area contributed by atoms with E-state index in [1.54, 1.807) is 0 Å². The summed E-state index contributed by atoms with van der Waals surface area (Å²) in [6.45, 7) is 6.13. The van der Waals surface area contributed by atoms with Crippen molar-refractivity contribution in [1.29, 1.82) is 0 Å². The van der Waals surface area contributed by atoms with Crippen LogP contribution in [0.15, 0.2) is 0 Å². The summed E-state index contributed by atoms with van der Waals surface area (Å²) in [4.78, 5) is 23.4. The molecule has 3 N–H and O–H groups in total. The summed E-state index contributed by atoms with van der Waals surface area (Å²) in [5.74, 6) is 0.199. The minimum absolute atomic E-state index is 0.0261. The van der Waals surface area contributed by atoms with Gasteiger partial charge in [-0.05, 0) is 13.0 Å². The number of carbonyl (C=O) groups is 2. The highest BCUT2D eigenvalue weighted by Gasteiger charge is 2.32. The largest absolute Gasteiger partial charge is 0.379 e. The number of carbonyl (C=O) groups excluding carboxylic acids is 2. The molecular weight excluding hydrogens is 246 g/mol. The van der Waals surface area contributed by atoms with Gasteiger partial charge in [-0.15, -0.1) is 0 Å². The van der Waals surface area contributed by atoms with Crippen LogP contribution >= 0.6 is 0 Å². The number of nitrogens with one attached hydrogen (secondary N) is 3. The topological polar surface area (TPSA) is 79.5 Å². The molecule has 0 aromatic heterocycles. The van der Waals surface area contributed by atoms with Crippen molar-refractivity contribution in [3.05, 3.63) is 0 Å². The van der Waals surface area contributed by atoms with Crippen molar-refractivity contribution in [2.24, 2.45) is 11.8 Å². The van der Waals surface area contributed by atoms with Gasteiger partial charge in [0.25, 0.3) is 0 Å². The van der Waals surface area contributed by atoms with Gasteiger partial charge in [-0.1, -0.05) is 13.8 Å². The van der Waals surface area contributed by atoms with Crippen LogP contribution in [0.1, 0.15) is 20.3 Å². The predicted octanol–water partition coefficient (Wildman–Crippen LogP) is -0.501. The molecule has 0 aliphatic carbocycles. The van der Waals surface area contributed by atoms with Gasteiger partial charge in [-0.2, -0.15) is 0 Å². The van der Waals surface area contributed by atoms with E-state index < -0.39 is 0 Å². The summed E-state index contributed by atoms with van der Waals surface area (Å²) in [6.07, 6.45) is 0.316. The fraction of sp³-hybridized carbons (Fsp3) is 0.846. The van der Waals surface area contributed by atoms with Crippen LogP contribution in [0.5, 0.6) is 0 Å². The number of amides is 2. The van der Waals surface area contributed by atoms with Crippen LogP contribution in [0.3, 0.4) is 0 Å². The molecule has 1 saturated heterocycles. The maximum Gasteiger partial charge on any atom is 0.227 e. The molecule has 19 heavy (non-hydrogen) atoms. The zero-order valence-corrected chi connectivity index (χ0v) is 12.0. The Morgan fingerprint density at radius 1 is 1.26 bits per heavy atom. The van der Waals surface area contributed by atoms with E-state index in [0.29, 0.717) is 38.6 Å². The third kappa shape index (κ3) is 5.57. The summed E-state index contributed by atoms with van der Waals surface area (Å²) < 4.78 is 5.27. The molecule has 0 aromatic rings. The van der Waals surface area contributed by atoms with E-state index in [1.165, 1.54) is 0 Å². The minimum atomic E-state index is -0.163. The Morgan fingerprint density at radius 3 is 2.63 bits per heavy atom. The lowest BCUT2D eigenvalue weighted by Crippen LogP contribution is -2.43. The molecule has 0 aromatic carbocycles. The standard InChI is InChI=1S/C13H25N3O3/c1-9(2)6-16-12(17)4-5-15-13(18)10-7-19-8-11(10)14-3/h9-11,14H,4-8H2,1-3H3,(H,15,18)(H,16,17). The first kappa shape index (κ1) is 15.9. The second-order valence-electron chi connectivity index (χ2n) is 5.28. The molecule has 2 atom stereocenters. The van der Waals surface area contributed by atoms with Gasteiger partial charge in [-0.3, -0.25) is 9.59 Å². The van der Waals surface area contributed by atoms with Crippen LogP contribution < -0.4 is 16.0 Å². The Labute approximate surface area is 114 Å². The minimum Gasteiger partial charge on any atom is -0.379 e. The SMILES string of the molecule is CNC1COCC1C(=O)NCCC(=O)NCC(C)C. The van der Waals surface area contributed by atoms with Crippen LogP contribution in [0.2, 0.25) is 0 Å². The lowest BCUT2D eigenvalue weighted by atomic mass is 10.0. The number of hydrogen-bond acceptors (Lipinski definition) is 4. The van der Waals surface area contributed by atoms with Gasteiger partial charge in [0.05, 0.1) is 19.1 Å². The van der Waals surface area contributed by atoms with Crippen molar-refractivity contribution in [3.63, 3.8) is 0 Å². The molecule has 0 radical (unpaired) electrons. The quantitative estimate of drug-likeness (QED) is 0.583. The maximum atomic E-state index is 11.9. The maximum absolute atomic E-state index is 11.9. The number of ether oxygens (including phenoxy) is 1. The summed E-state index contributed by atoms with van der Waals surface area (Å²) in [6, 6.07) is 0.0646. The highest BCUT2D eigenvalue weighted by Crippen LogP contribution is 2.13. The summed E-state index contributed by atoms with van der Waals surface area (Å²) in [7, 11) is 1.82. The van der Waals surface area contributed by atoms with Crippen LogP contribution in [0, 0.1) is 11.8 Å². The number of rotatable bonds is 7. The van der Waals surface area contributed by atoms with E-state index in [0.717, 1.165) is 0 Å². The highest BCUT2D eigenvalue weighted by atomic mass is 16.5. The van der Waals surface area contributed by atoms with Crippen molar-refractivity contribution in [2.45, 2.75) is 26.3 Å². The normalized spacial score (nSPS) is 22.5. The van der Waals surface area contributed by atoms with E-state index in [1.807, 2.05) is 20.9 Å². The van der Waals surface area contributed by atoms with Crippen LogP contribution in [0.25, 0.3) is 0 Å². The summed E-state index contributed by atoms with van der Waals surface area (Å²) in [5.41, 5.74) is 0. The first-order chi connectivity index (χ1) is 9.04. The Bertz CT molecular complexity index is 308. The number of likely N-dealkylation sites (N-methyl/N-ethyl adjacent to an activating group) is 1. The van der Waals surface area contributed by atoms with Gasteiger partial charge in [0.2, 0.25) is 11.8 Å². The molecular formula is C13H25N3O3. The molecule has 6 nitrogen and oxygen atoms in total. The second-order valence-corrected chi connectivity index (χ2v) is 5.28. The van der Waals surface area contributed by atoms with Crippen molar-refractivity contribution in [3.8, 4) is 0 Å². The van der Waals surface area contributed by atoms with Gasteiger partial charge < -0.3 is 20.7 Å². The fourth-order valence-corrected chi connectivity index (χ4v) is 1.93. The van der Waals surface area contributed by atoms with Crippen LogP contribution in [-0.4, -0.2) is 51.2 Å². The van der Waals surface area contributed by atoms with Crippen molar-refractivity contribution >= 4 is 11.8 Å². The van der Waals surface area contributed by atoms with Gasteiger partial charge in [-0.25, -0.2) is 0 Å². The molecule has 6 heteroatoms. The van der Waals surface area contributed by atoms with Gasteiger partial charge >= 0.3 is 0 Å². The average molecular weight is 271 g/mol. The predicted molar refractivity (Wildman–Crippen MR) is 72.6 cm³/mol. The first-order valence-corrected chi connectivity index (χ1v) is 6.84. The molecule has 1 fully saturated rings. The monoisotopic (exact) mass is 271 g/mol. The molecule has 1 rings (SSSR count). The van der Waals surface area contributed by atoms with E-state index >= 15 is 0 Å². The van der Waals surface area contributed by atoms with Crippen molar-refractivity contribution < 1.29 is 14.3 Å². The second kappa shape index (κ2) is 8.12. The van der Waals surface area contributed by atoms with Crippen molar-refractivity contribution in [2.75, 3.05) is 33.4 Å². The van der Waals surface area contributed by atoms with E-state index in [4.69, 9.17) is 4.74 Å². The highest BCUT2D eigenvalue weighted by molar-refractivity contribution is 5.81. The molecule has 1 aliphatic rings. The number of hydrogen-bond donors (Lipinski definition) is 3. The molecule has 2 amide bonds. The molecule has 1 aliphatic heterocycles. The zero-order valence-electron chi connectivity index (χ0n) is 12.0. The zero-order chi connectivity index (χ0) is 14.3. The smallest absolute Gasteiger partial charge is 0.227 e. The molecule has 2 unspecified atom stereocenters. The lowest BCUT2D eigenvalue weighted by molar-refractivity contribution is -0.125. The van der Waals surface area contributed by atoms with E-state index in [2.05, 4.69) is 16.0 Å². The fourth-order valence-electron chi connectivity index (χ4n) is 1.93. The lowest BCUT2D eigenvalue weighted by Gasteiger charge is -2.16. The molecule has 1 heterocycles. The molecule has 0 spiro atoms. The van der Waals surface area contributed by atoms with E-state index in [-0.39, 0.29) is 23.8 Å². The van der Waals surface area contributed by atoms with E-state index in [9.17, 15) is 9.59 Å². The summed E-state index contributed by atoms with van der Waals surface area (Å²) in [5, 5.41) is 8.67. The Kier molecular flexibility index (Phi) is 6.80. The van der Waals surface area contributed by atoms with Crippen molar-refractivity contribution in [1.82, 2.24) is 16.0 Å². The molecule has 110 valence electrons. The Balaban J connectivity index is 2.18. The molecule has 0 bridgehead atoms. The van der Waals surface area contributed by atoms with Crippen LogP contribution in [0.4, 0.5) is 0 Å².